The minimum absolute atomic E-state index is 0.376. The number of benzene rings is 2. The molecule has 1 N–H and O–H groups in total. The Labute approximate surface area is 159 Å². The van der Waals surface area contributed by atoms with Crippen LogP contribution < -0.4 is 14.8 Å². The van der Waals surface area contributed by atoms with Crippen molar-refractivity contribution >= 4 is 39.6 Å². The van der Waals surface area contributed by atoms with E-state index in [1.54, 1.807) is 55.7 Å². The molecule has 0 fully saturated rings. The SMILES string of the molecule is COc1ccc(/C=C/C(=O)OCC(=O)Nc2ccc(Br)cc2)c(OC)c1. The van der Waals surface area contributed by atoms with E-state index in [1.165, 1.54) is 13.2 Å². The van der Waals surface area contributed by atoms with E-state index in [0.29, 0.717) is 22.7 Å². The van der Waals surface area contributed by atoms with Crippen molar-refractivity contribution in [1.82, 2.24) is 0 Å². The first-order chi connectivity index (χ1) is 12.5. The van der Waals surface area contributed by atoms with Gasteiger partial charge in [-0.3, -0.25) is 4.79 Å². The average Bonchev–Trinajstić information content (AvgIpc) is 2.66. The summed E-state index contributed by atoms with van der Waals surface area (Å²) >= 11 is 3.31. The van der Waals surface area contributed by atoms with Crippen molar-refractivity contribution < 1.29 is 23.8 Å². The van der Waals surface area contributed by atoms with Gasteiger partial charge in [-0.05, 0) is 42.5 Å². The van der Waals surface area contributed by atoms with Crippen LogP contribution in [0.3, 0.4) is 0 Å². The standard InChI is InChI=1S/C19H18BrNO5/c1-24-16-9-3-13(17(11-16)25-2)4-10-19(23)26-12-18(22)21-15-7-5-14(20)6-8-15/h3-11H,12H2,1-2H3,(H,21,22)/b10-4+. The molecule has 0 spiro atoms. The molecule has 0 unspecified atom stereocenters. The Bertz CT molecular complexity index is 802. The van der Waals surface area contributed by atoms with Crippen molar-refractivity contribution in [2.24, 2.45) is 0 Å². The molecule has 0 heterocycles. The fraction of sp³-hybridized carbons (Fsp3) is 0.158. The maximum absolute atomic E-state index is 11.8. The van der Waals surface area contributed by atoms with Crippen LogP contribution in [0.2, 0.25) is 0 Å². The van der Waals surface area contributed by atoms with E-state index in [4.69, 9.17) is 14.2 Å². The molecule has 0 aliphatic carbocycles. The molecule has 0 bridgehead atoms. The Morgan fingerprint density at radius 1 is 1.08 bits per heavy atom. The molecule has 7 heteroatoms. The molecule has 6 nitrogen and oxygen atoms in total. The lowest BCUT2D eigenvalue weighted by molar-refractivity contribution is -0.142. The zero-order valence-corrected chi connectivity index (χ0v) is 15.9. The second-order valence-electron chi connectivity index (χ2n) is 5.10. The molecule has 0 saturated heterocycles. The van der Waals surface area contributed by atoms with Gasteiger partial charge in [0.1, 0.15) is 11.5 Å². The summed E-state index contributed by atoms with van der Waals surface area (Å²) in [5.41, 5.74) is 1.30. The van der Waals surface area contributed by atoms with Crippen LogP contribution in [0.25, 0.3) is 6.08 Å². The molecule has 1 amide bonds. The third kappa shape index (κ3) is 5.93. The molecule has 0 radical (unpaired) electrons. The lowest BCUT2D eigenvalue weighted by Crippen LogP contribution is -2.20. The average molecular weight is 420 g/mol. The van der Waals surface area contributed by atoms with E-state index < -0.39 is 11.9 Å². The molecule has 2 aromatic carbocycles. The van der Waals surface area contributed by atoms with E-state index in [9.17, 15) is 9.59 Å². The van der Waals surface area contributed by atoms with Crippen molar-refractivity contribution in [1.29, 1.82) is 0 Å². The smallest absolute Gasteiger partial charge is 0.331 e. The highest BCUT2D eigenvalue weighted by atomic mass is 79.9. The zero-order chi connectivity index (χ0) is 18.9. The quantitative estimate of drug-likeness (QED) is 0.547. The van der Waals surface area contributed by atoms with Crippen LogP contribution in [0.5, 0.6) is 11.5 Å². The molecule has 0 saturated carbocycles. The largest absolute Gasteiger partial charge is 0.497 e. The van der Waals surface area contributed by atoms with Gasteiger partial charge in [-0.2, -0.15) is 0 Å². The Morgan fingerprint density at radius 2 is 1.81 bits per heavy atom. The first kappa shape index (κ1) is 19.5. The number of hydrogen-bond donors (Lipinski definition) is 1. The molecule has 0 aliphatic rings. The fourth-order valence-corrected chi connectivity index (χ4v) is 2.29. The summed E-state index contributed by atoms with van der Waals surface area (Å²) in [6, 6.07) is 12.3. The van der Waals surface area contributed by atoms with Crippen molar-refractivity contribution in [3.63, 3.8) is 0 Å². The van der Waals surface area contributed by atoms with E-state index in [2.05, 4.69) is 21.2 Å². The van der Waals surface area contributed by atoms with Gasteiger partial charge in [0, 0.05) is 27.9 Å². The van der Waals surface area contributed by atoms with Gasteiger partial charge in [-0.25, -0.2) is 4.79 Å². The summed E-state index contributed by atoms with van der Waals surface area (Å²) in [6.07, 6.45) is 2.78. The topological polar surface area (TPSA) is 73.9 Å². The number of nitrogens with one attached hydrogen (secondary N) is 1. The number of methoxy groups -OCH3 is 2. The van der Waals surface area contributed by atoms with E-state index in [0.717, 1.165) is 4.47 Å². The second-order valence-corrected chi connectivity index (χ2v) is 6.02. The first-order valence-corrected chi connectivity index (χ1v) is 8.43. The minimum Gasteiger partial charge on any atom is -0.497 e. The van der Waals surface area contributed by atoms with Gasteiger partial charge >= 0.3 is 5.97 Å². The van der Waals surface area contributed by atoms with Crippen LogP contribution in [0.4, 0.5) is 5.69 Å². The van der Waals surface area contributed by atoms with Gasteiger partial charge in [0.15, 0.2) is 6.61 Å². The number of carbonyl (C=O) groups is 2. The van der Waals surface area contributed by atoms with Crippen LogP contribution in [-0.4, -0.2) is 32.7 Å². The van der Waals surface area contributed by atoms with E-state index in [1.807, 2.05) is 0 Å². The number of amides is 1. The van der Waals surface area contributed by atoms with Crippen molar-refractivity contribution in [3.05, 3.63) is 58.6 Å². The predicted octanol–water partition coefficient (Wildman–Crippen LogP) is 3.66. The van der Waals surface area contributed by atoms with Crippen LogP contribution in [-0.2, 0) is 14.3 Å². The monoisotopic (exact) mass is 419 g/mol. The van der Waals surface area contributed by atoms with E-state index in [-0.39, 0.29) is 6.61 Å². The highest BCUT2D eigenvalue weighted by Crippen LogP contribution is 2.25. The Balaban J connectivity index is 1.87. The number of anilines is 1. The van der Waals surface area contributed by atoms with Gasteiger partial charge in [0.25, 0.3) is 5.91 Å². The molecule has 0 atom stereocenters. The van der Waals surface area contributed by atoms with E-state index >= 15 is 0 Å². The molecule has 0 aromatic heterocycles. The van der Waals surface area contributed by atoms with Gasteiger partial charge in [-0.1, -0.05) is 15.9 Å². The van der Waals surface area contributed by atoms with Gasteiger partial charge in [0.2, 0.25) is 0 Å². The lowest BCUT2D eigenvalue weighted by atomic mass is 10.2. The van der Waals surface area contributed by atoms with Crippen LogP contribution in [0.1, 0.15) is 5.56 Å². The minimum atomic E-state index is -0.631. The molecule has 136 valence electrons. The molecule has 26 heavy (non-hydrogen) atoms. The number of ether oxygens (including phenoxy) is 3. The van der Waals surface area contributed by atoms with Gasteiger partial charge < -0.3 is 19.5 Å². The normalized spacial score (nSPS) is 10.4. The molecular weight excluding hydrogens is 402 g/mol. The third-order valence-corrected chi connectivity index (χ3v) is 3.84. The summed E-state index contributed by atoms with van der Waals surface area (Å²) in [6.45, 7) is -0.376. The first-order valence-electron chi connectivity index (χ1n) is 7.64. The zero-order valence-electron chi connectivity index (χ0n) is 14.3. The Kier molecular flexibility index (Phi) is 7.23. The molecular formula is C19H18BrNO5. The van der Waals surface area contributed by atoms with Gasteiger partial charge in [0.05, 0.1) is 14.2 Å². The number of rotatable bonds is 7. The third-order valence-electron chi connectivity index (χ3n) is 3.31. The predicted molar refractivity (Wildman–Crippen MR) is 102 cm³/mol. The van der Waals surface area contributed by atoms with Crippen molar-refractivity contribution in [2.75, 3.05) is 26.1 Å². The van der Waals surface area contributed by atoms with Crippen molar-refractivity contribution in [3.8, 4) is 11.5 Å². The highest BCUT2D eigenvalue weighted by molar-refractivity contribution is 9.10. The summed E-state index contributed by atoms with van der Waals surface area (Å²) in [5.74, 6) is 0.150. The summed E-state index contributed by atoms with van der Waals surface area (Å²) in [5, 5.41) is 2.63. The maximum atomic E-state index is 11.8. The number of halogens is 1. The second kappa shape index (κ2) is 9.62. The number of esters is 1. The highest BCUT2D eigenvalue weighted by Gasteiger charge is 2.07. The summed E-state index contributed by atoms with van der Waals surface area (Å²) in [4.78, 5) is 23.6. The molecule has 2 rings (SSSR count). The van der Waals surface area contributed by atoms with Crippen LogP contribution >= 0.6 is 15.9 Å². The fourth-order valence-electron chi connectivity index (χ4n) is 2.03. The molecule has 2 aromatic rings. The summed E-state index contributed by atoms with van der Waals surface area (Å²) in [7, 11) is 3.08. The van der Waals surface area contributed by atoms with Crippen LogP contribution in [0.15, 0.2) is 53.0 Å². The molecule has 0 aliphatic heterocycles. The summed E-state index contributed by atoms with van der Waals surface area (Å²) < 4.78 is 16.2. The Morgan fingerprint density at radius 3 is 2.46 bits per heavy atom. The van der Waals surface area contributed by atoms with Gasteiger partial charge in [-0.15, -0.1) is 0 Å². The lowest BCUT2D eigenvalue weighted by Gasteiger charge is -2.07. The van der Waals surface area contributed by atoms with Crippen LogP contribution in [0, 0.1) is 0 Å². The number of carbonyl (C=O) groups excluding carboxylic acids is 2. The number of hydrogen-bond acceptors (Lipinski definition) is 5. The van der Waals surface area contributed by atoms with Crippen molar-refractivity contribution in [2.45, 2.75) is 0 Å². The maximum Gasteiger partial charge on any atom is 0.331 e. The Hall–Kier alpha value is -2.80.